The van der Waals surface area contributed by atoms with E-state index in [-0.39, 0.29) is 6.61 Å². The van der Waals surface area contributed by atoms with Gasteiger partial charge in [-0.3, -0.25) is 0 Å². The predicted molar refractivity (Wildman–Crippen MR) is 79.3 cm³/mol. The molecule has 0 bridgehead atoms. The van der Waals surface area contributed by atoms with Crippen LogP contribution in [0.2, 0.25) is 0 Å². The minimum atomic E-state index is -1.44. The van der Waals surface area contributed by atoms with E-state index in [9.17, 15) is 15.3 Å². The second-order valence-corrected chi connectivity index (χ2v) is 4.75. The molecular weight excluding hydrogens is 288 g/mol. The maximum atomic E-state index is 9.73. The van der Waals surface area contributed by atoms with E-state index in [0.717, 1.165) is 12.8 Å². The summed E-state index contributed by atoms with van der Waals surface area (Å²) in [7, 11) is 0. The zero-order valence-corrected chi connectivity index (χ0v) is 12.5. The van der Waals surface area contributed by atoms with Crippen molar-refractivity contribution in [2.45, 2.75) is 50.5 Å². The van der Waals surface area contributed by atoms with Crippen LogP contribution in [-0.2, 0) is 9.47 Å². The fourth-order valence-electron chi connectivity index (χ4n) is 1.77. The van der Waals surface area contributed by atoms with Gasteiger partial charge in [-0.1, -0.05) is 24.8 Å². The van der Waals surface area contributed by atoms with E-state index in [4.69, 9.17) is 14.6 Å². The minimum Gasteiger partial charge on any atom is -0.394 e. The molecule has 5 atom stereocenters. The van der Waals surface area contributed by atoms with Gasteiger partial charge in [-0.2, -0.15) is 0 Å². The van der Waals surface area contributed by atoms with E-state index in [1.54, 1.807) is 12.2 Å². The summed E-state index contributed by atoms with van der Waals surface area (Å²) in [4.78, 5) is 0. The van der Waals surface area contributed by atoms with Gasteiger partial charge in [-0.25, -0.2) is 0 Å². The van der Waals surface area contributed by atoms with Crippen LogP contribution >= 0.6 is 0 Å². The molecule has 1 aliphatic rings. The fourth-order valence-corrected chi connectivity index (χ4v) is 1.77. The lowest BCUT2D eigenvalue weighted by atomic mass is 9.99. The number of hydrogen-bond donors (Lipinski definition) is 4. The largest absolute Gasteiger partial charge is 0.394 e. The Bertz CT molecular complexity index is 464. The van der Waals surface area contributed by atoms with Gasteiger partial charge in [0.1, 0.15) is 24.4 Å². The molecule has 122 valence electrons. The smallest absolute Gasteiger partial charge is 0.187 e. The summed E-state index contributed by atoms with van der Waals surface area (Å²) in [6.07, 6.45) is -1.33. The molecule has 1 heterocycles. The summed E-state index contributed by atoms with van der Waals surface area (Å²) in [5, 5.41) is 38.0. The molecule has 6 heteroatoms. The molecule has 1 aliphatic heterocycles. The highest BCUT2D eigenvalue weighted by Crippen LogP contribution is 2.21. The lowest BCUT2D eigenvalue weighted by Gasteiger charge is -2.39. The number of ether oxygens (including phenoxy) is 2. The molecule has 0 amide bonds. The third-order valence-corrected chi connectivity index (χ3v) is 3.00. The molecule has 0 aromatic rings. The Morgan fingerprint density at radius 3 is 2.59 bits per heavy atom. The van der Waals surface area contributed by atoms with Crippen LogP contribution in [-0.4, -0.2) is 64.3 Å². The minimum absolute atomic E-state index is 0.0970. The van der Waals surface area contributed by atoms with Gasteiger partial charge in [0.2, 0.25) is 0 Å². The zero-order valence-electron chi connectivity index (χ0n) is 12.5. The average Bonchev–Trinajstić information content (AvgIpc) is 2.53. The van der Waals surface area contributed by atoms with Crippen LogP contribution in [0.5, 0.6) is 0 Å². The highest BCUT2D eigenvalue weighted by atomic mass is 16.7. The van der Waals surface area contributed by atoms with E-state index >= 15 is 0 Å². The van der Waals surface area contributed by atoms with Crippen molar-refractivity contribution in [2.75, 3.05) is 13.2 Å². The first kappa shape index (κ1) is 18.7. The lowest BCUT2D eigenvalue weighted by Crippen LogP contribution is -2.59. The van der Waals surface area contributed by atoms with E-state index < -0.39 is 37.3 Å². The highest BCUT2D eigenvalue weighted by molar-refractivity contribution is 5.30. The van der Waals surface area contributed by atoms with Gasteiger partial charge in [0.25, 0.3) is 0 Å². The van der Waals surface area contributed by atoms with Crippen molar-refractivity contribution in [1.82, 2.24) is 0 Å². The summed E-state index contributed by atoms with van der Waals surface area (Å²) in [6, 6.07) is 0. The van der Waals surface area contributed by atoms with Crippen molar-refractivity contribution in [3.63, 3.8) is 0 Å². The Morgan fingerprint density at radius 2 is 1.91 bits per heavy atom. The second kappa shape index (κ2) is 10.4. The number of hydrogen-bond acceptors (Lipinski definition) is 6. The summed E-state index contributed by atoms with van der Waals surface area (Å²) in [5.41, 5.74) is 0. The maximum Gasteiger partial charge on any atom is 0.187 e. The van der Waals surface area contributed by atoms with Gasteiger partial charge < -0.3 is 29.9 Å². The first-order chi connectivity index (χ1) is 10.6. The molecule has 0 aliphatic carbocycles. The first-order valence-corrected chi connectivity index (χ1v) is 7.17. The molecule has 22 heavy (non-hydrogen) atoms. The van der Waals surface area contributed by atoms with Crippen molar-refractivity contribution in [1.29, 1.82) is 0 Å². The average molecular weight is 310 g/mol. The van der Waals surface area contributed by atoms with Crippen LogP contribution in [0.4, 0.5) is 0 Å². The summed E-state index contributed by atoms with van der Waals surface area (Å²) >= 11 is 0. The van der Waals surface area contributed by atoms with Crippen LogP contribution in [0.1, 0.15) is 19.8 Å². The second-order valence-electron chi connectivity index (χ2n) is 4.75. The molecule has 0 spiro atoms. The van der Waals surface area contributed by atoms with Crippen molar-refractivity contribution < 1.29 is 29.9 Å². The normalized spacial score (nSPS) is 31.2. The van der Waals surface area contributed by atoms with Crippen LogP contribution < -0.4 is 0 Å². The van der Waals surface area contributed by atoms with E-state index in [2.05, 4.69) is 23.7 Å². The Hall–Kier alpha value is -1.38. The number of aliphatic hydroxyl groups is 4. The Balaban J connectivity index is 2.39. The monoisotopic (exact) mass is 310 g/mol. The lowest BCUT2D eigenvalue weighted by molar-refractivity contribution is -0.298. The SMILES string of the molecule is CCCC#CC#CC=CCOC1OC(CO)C(O)C(O)C1O. The maximum absolute atomic E-state index is 9.73. The standard InChI is InChI=1S/C16H22O6/c1-2-3-4-5-6-7-8-9-10-21-16-15(20)14(19)13(18)12(11-17)22-16/h8-9,12-20H,2-3,10-11H2,1H3. The summed E-state index contributed by atoms with van der Waals surface area (Å²) in [6.45, 7) is 1.65. The molecule has 6 nitrogen and oxygen atoms in total. The number of allylic oxidation sites excluding steroid dienone is 1. The Kier molecular flexibility index (Phi) is 8.79. The number of rotatable bonds is 5. The quantitative estimate of drug-likeness (QED) is 0.495. The van der Waals surface area contributed by atoms with Gasteiger partial charge in [-0.15, -0.1) is 0 Å². The third kappa shape index (κ3) is 5.78. The molecule has 1 fully saturated rings. The van der Waals surface area contributed by atoms with Crippen LogP contribution in [0.3, 0.4) is 0 Å². The van der Waals surface area contributed by atoms with E-state index in [0.29, 0.717) is 0 Å². The molecule has 0 aromatic carbocycles. The molecule has 5 unspecified atom stereocenters. The van der Waals surface area contributed by atoms with Gasteiger partial charge in [0.05, 0.1) is 13.2 Å². The Labute approximate surface area is 130 Å². The molecule has 4 N–H and O–H groups in total. The van der Waals surface area contributed by atoms with E-state index in [1.807, 2.05) is 6.92 Å². The molecule has 0 saturated carbocycles. The number of aliphatic hydroxyl groups excluding tert-OH is 4. The zero-order chi connectivity index (χ0) is 16.4. The van der Waals surface area contributed by atoms with Crippen molar-refractivity contribution in [3.8, 4) is 23.7 Å². The Morgan fingerprint density at radius 1 is 1.14 bits per heavy atom. The summed E-state index contributed by atoms with van der Waals surface area (Å²) in [5.74, 6) is 11.0. The highest BCUT2D eigenvalue weighted by Gasteiger charge is 2.43. The number of unbranched alkanes of at least 4 members (excludes halogenated alkanes) is 1. The first-order valence-electron chi connectivity index (χ1n) is 7.17. The van der Waals surface area contributed by atoms with Gasteiger partial charge in [0, 0.05) is 6.42 Å². The topological polar surface area (TPSA) is 99.4 Å². The van der Waals surface area contributed by atoms with Gasteiger partial charge in [0.15, 0.2) is 6.29 Å². The van der Waals surface area contributed by atoms with Crippen LogP contribution in [0, 0.1) is 23.7 Å². The molecule has 0 aromatic heterocycles. The van der Waals surface area contributed by atoms with Crippen molar-refractivity contribution in [2.24, 2.45) is 0 Å². The van der Waals surface area contributed by atoms with Crippen LogP contribution in [0.25, 0.3) is 0 Å². The fraction of sp³-hybridized carbons (Fsp3) is 0.625. The molecule has 1 rings (SSSR count). The third-order valence-electron chi connectivity index (χ3n) is 3.00. The van der Waals surface area contributed by atoms with Gasteiger partial charge >= 0.3 is 0 Å². The van der Waals surface area contributed by atoms with E-state index in [1.165, 1.54) is 0 Å². The van der Waals surface area contributed by atoms with Crippen molar-refractivity contribution in [3.05, 3.63) is 12.2 Å². The molecule has 1 saturated heterocycles. The summed E-state index contributed by atoms with van der Waals surface area (Å²) < 4.78 is 10.4. The van der Waals surface area contributed by atoms with Crippen molar-refractivity contribution >= 4 is 0 Å². The van der Waals surface area contributed by atoms with Crippen LogP contribution in [0.15, 0.2) is 12.2 Å². The predicted octanol–water partition coefficient (Wildman–Crippen LogP) is -0.834. The molecule has 0 radical (unpaired) electrons. The van der Waals surface area contributed by atoms with Gasteiger partial charge in [-0.05, 0) is 24.3 Å². The molecular formula is C16H22O6.